The molecule has 1 aromatic carbocycles. The molecule has 0 aliphatic carbocycles. The van der Waals surface area contributed by atoms with Gasteiger partial charge in [-0.05, 0) is 31.9 Å². The van der Waals surface area contributed by atoms with Gasteiger partial charge in [0.15, 0.2) is 0 Å². The van der Waals surface area contributed by atoms with Crippen LogP contribution >= 0.6 is 11.3 Å². The van der Waals surface area contributed by atoms with E-state index in [1.807, 2.05) is 24.4 Å². The van der Waals surface area contributed by atoms with E-state index in [9.17, 15) is 14.7 Å². The number of benzene rings is 1. The highest BCUT2D eigenvalue weighted by molar-refractivity contribution is 7.13. The average Bonchev–Trinajstić information content (AvgIpc) is 3.07. The van der Waals surface area contributed by atoms with Crippen LogP contribution in [0.25, 0.3) is 10.6 Å². The largest absolute Gasteiger partial charge is 0.481 e. The number of nitrogens with one attached hydrogen (secondary N) is 1. The number of hydrogen-bond acceptors (Lipinski definition) is 5. The number of carbonyl (C=O) groups excluding carboxylic acids is 1. The predicted molar refractivity (Wildman–Crippen MR) is 94.7 cm³/mol. The molecule has 1 saturated heterocycles. The number of thiazole rings is 1. The van der Waals surface area contributed by atoms with E-state index in [0.717, 1.165) is 16.3 Å². The van der Waals surface area contributed by atoms with Crippen molar-refractivity contribution in [1.29, 1.82) is 0 Å². The number of carboxylic acids is 1. The predicted octanol–water partition coefficient (Wildman–Crippen LogP) is 2.73. The molecule has 1 amide bonds. The third-order valence-corrected chi connectivity index (χ3v) is 5.49. The average molecular weight is 360 g/mol. The summed E-state index contributed by atoms with van der Waals surface area (Å²) in [6.07, 6.45) is 0.808. The molecule has 2 heterocycles. The van der Waals surface area contributed by atoms with Crippen LogP contribution in [0.4, 0.5) is 0 Å². The highest BCUT2D eigenvalue weighted by Crippen LogP contribution is 2.30. The number of aryl methyl sites for hydroxylation is 1. The second-order valence-corrected chi connectivity index (χ2v) is 7.11. The zero-order chi connectivity index (χ0) is 17.9. The van der Waals surface area contributed by atoms with E-state index in [1.165, 1.54) is 11.3 Å². The topological polar surface area (TPSA) is 88.5 Å². The Hall–Kier alpha value is -2.25. The highest BCUT2D eigenvalue weighted by atomic mass is 32.1. The number of rotatable bonds is 5. The van der Waals surface area contributed by atoms with Crippen LogP contribution in [0.15, 0.2) is 29.6 Å². The molecule has 0 atom stereocenters. The number of nitrogens with zero attached hydrogens (tertiary/aromatic N) is 1. The van der Waals surface area contributed by atoms with Crippen LogP contribution in [0, 0.1) is 12.3 Å². The highest BCUT2D eigenvalue weighted by Gasteiger charge is 2.40. The minimum atomic E-state index is -0.946. The maximum atomic E-state index is 12.5. The second kappa shape index (κ2) is 7.33. The first kappa shape index (κ1) is 17.6. The molecule has 0 unspecified atom stereocenters. The number of carboxylic acid groups (broad SMARTS) is 1. The van der Waals surface area contributed by atoms with Crippen molar-refractivity contribution in [2.45, 2.75) is 19.8 Å². The molecule has 0 bridgehead atoms. The van der Waals surface area contributed by atoms with Gasteiger partial charge >= 0.3 is 5.97 Å². The lowest BCUT2D eigenvalue weighted by atomic mass is 9.80. The normalized spacial score (nSPS) is 16.4. The van der Waals surface area contributed by atoms with Gasteiger partial charge in [0.2, 0.25) is 0 Å². The Morgan fingerprint density at radius 1 is 1.36 bits per heavy atom. The summed E-state index contributed by atoms with van der Waals surface area (Å²) in [5, 5.41) is 15.2. The van der Waals surface area contributed by atoms with Crippen molar-refractivity contribution in [3.8, 4) is 10.6 Å². The molecule has 7 heteroatoms. The summed E-state index contributed by atoms with van der Waals surface area (Å²) < 4.78 is 5.25. The van der Waals surface area contributed by atoms with Gasteiger partial charge in [-0.1, -0.05) is 12.1 Å². The van der Waals surface area contributed by atoms with E-state index >= 15 is 0 Å². The minimum Gasteiger partial charge on any atom is -0.481 e. The Morgan fingerprint density at radius 2 is 2.12 bits per heavy atom. The molecule has 1 aromatic heterocycles. The zero-order valence-corrected chi connectivity index (χ0v) is 14.8. The van der Waals surface area contributed by atoms with Crippen LogP contribution in [-0.2, 0) is 9.53 Å². The van der Waals surface area contributed by atoms with Crippen molar-refractivity contribution in [3.05, 3.63) is 40.9 Å². The van der Waals surface area contributed by atoms with Crippen molar-refractivity contribution in [3.63, 3.8) is 0 Å². The summed E-state index contributed by atoms with van der Waals surface area (Å²) in [4.78, 5) is 28.6. The van der Waals surface area contributed by atoms with Gasteiger partial charge in [-0.3, -0.25) is 9.59 Å². The van der Waals surface area contributed by atoms with Gasteiger partial charge in [0.05, 0.1) is 5.41 Å². The third kappa shape index (κ3) is 3.88. The van der Waals surface area contributed by atoms with E-state index in [4.69, 9.17) is 4.74 Å². The third-order valence-electron chi connectivity index (χ3n) is 4.48. The Bertz CT molecular complexity index is 781. The summed E-state index contributed by atoms with van der Waals surface area (Å²) in [6, 6.07) is 7.22. The molecule has 3 rings (SSSR count). The number of ether oxygens (including phenoxy) is 1. The van der Waals surface area contributed by atoms with E-state index in [1.54, 1.807) is 12.1 Å². The van der Waals surface area contributed by atoms with Crippen molar-refractivity contribution in [2.75, 3.05) is 19.8 Å². The van der Waals surface area contributed by atoms with Crippen molar-refractivity contribution < 1.29 is 19.4 Å². The van der Waals surface area contributed by atoms with Gasteiger partial charge in [0.1, 0.15) is 5.01 Å². The van der Waals surface area contributed by atoms with Crippen LogP contribution in [-0.4, -0.2) is 41.7 Å². The quantitative estimate of drug-likeness (QED) is 0.856. The molecular formula is C18H20N2O4S. The standard InChI is InChI=1S/C18H20N2O4S/c1-12-10-25-16(20-12)14-4-2-3-13(9-14)15(21)19-11-18(17(22)23)5-7-24-8-6-18/h2-4,9-10H,5-8,11H2,1H3,(H,19,21)(H,22,23). The van der Waals surface area contributed by atoms with Crippen LogP contribution < -0.4 is 5.32 Å². The van der Waals surface area contributed by atoms with E-state index < -0.39 is 11.4 Å². The smallest absolute Gasteiger partial charge is 0.311 e. The van der Waals surface area contributed by atoms with Gasteiger partial charge in [-0.25, -0.2) is 4.98 Å². The Balaban J connectivity index is 1.72. The van der Waals surface area contributed by atoms with Crippen LogP contribution in [0.5, 0.6) is 0 Å². The number of aromatic nitrogens is 1. The number of aliphatic carboxylic acids is 1. The summed E-state index contributed by atoms with van der Waals surface area (Å²) in [5.74, 6) is -1.16. The molecule has 2 N–H and O–H groups in total. The second-order valence-electron chi connectivity index (χ2n) is 6.26. The Kier molecular flexibility index (Phi) is 5.15. The van der Waals surface area contributed by atoms with Crippen molar-refractivity contribution in [2.24, 2.45) is 5.41 Å². The molecule has 0 saturated carbocycles. The summed E-state index contributed by atoms with van der Waals surface area (Å²) in [6.45, 7) is 2.84. The molecular weight excluding hydrogens is 340 g/mol. The minimum absolute atomic E-state index is 0.102. The van der Waals surface area contributed by atoms with Gasteiger partial charge in [-0.15, -0.1) is 11.3 Å². The molecule has 1 fully saturated rings. The van der Waals surface area contributed by atoms with Gasteiger partial charge in [-0.2, -0.15) is 0 Å². The number of hydrogen-bond donors (Lipinski definition) is 2. The molecule has 132 valence electrons. The maximum absolute atomic E-state index is 12.5. The van der Waals surface area contributed by atoms with Gasteiger partial charge in [0, 0.05) is 42.0 Å². The Labute approximate surface area is 149 Å². The summed E-state index contributed by atoms with van der Waals surface area (Å²) >= 11 is 1.53. The van der Waals surface area contributed by atoms with E-state index in [-0.39, 0.29) is 12.5 Å². The number of amides is 1. The fourth-order valence-electron chi connectivity index (χ4n) is 2.86. The SMILES string of the molecule is Cc1csc(-c2cccc(C(=O)NCC3(C(=O)O)CCOCC3)c2)n1. The van der Waals surface area contributed by atoms with Crippen LogP contribution in [0.3, 0.4) is 0 Å². The zero-order valence-electron chi connectivity index (χ0n) is 13.9. The first-order valence-corrected chi connectivity index (χ1v) is 9.00. The lowest BCUT2D eigenvalue weighted by Crippen LogP contribution is -2.46. The first-order chi connectivity index (χ1) is 12.0. The lowest BCUT2D eigenvalue weighted by Gasteiger charge is -2.33. The fourth-order valence-corrected chi connectivity index (χ4v) is 3.65. The van der Waals surface area contributed by atoms with Crippen molar-refractivity contribution in [1.82, 2.24) is 10.3 Å². The maximum Gasteiger partial charge on any atom is 0.311 e. The van der Waals surface area contributed by atoms with Gasteiger partial charge in [0.25, 0.3) is 5.91 Å². The summed E-state index contributed by atoms with van der Waals surface area (Å²) in [5.41, 5.74) is 1.37. The molecule has 2 aromatic rings. The van der Waals surface area contributed by atoms with Crippen molar-refractivity contribution >= 4 is 23.2 Å². The lowest BCUT2D eigenvalue weighted by molar-refractivity contribution is -0.154. The Morgan fingerprint density at radius 3 is 2.76 bits per heavy atom. The molecule has 25 heavy (non-hydrogen) atoms. The van der Waals surface area contributed by atoms with Gasteiger partial charge < -0.3 is 15.2 Å². The van der Waals surface area contributed by atoms with Crippen LogP contribution in [0.1, 0.15) is 28.9 Å². The first-order valence-electron chi connectivity index (χ1n) is 8.12. The number of carbonyl (C=O) groups is 2. The summed E-state index contributed by atoms with van der Waals surface area (Å²) in [7, 11) is 0. The molecule has 0 radical (unpaired) electrons. The molecule has 1 aliphatic heterocycles. The molecule has 1 aliphatic rings. The fraction of sp³-hybridized carbons (Fsp3) is 0.389. The monoisotopic (exact) mass is 360 g/mol. The molecule has 0 spiro atoms. The van der Waals surface area contributed by atoms with E-state index in [2.05, 4.69) is 10.3 Å². The van der Waals surface area contributed by atoms with Crippen LogP contribution in [0.2, 0.25) is 0 Å². The molecule has 6 nitrogen and oxygen atoms in total. The van der Waals surface area contributed by atoms with E-state index in [0.29, 0.717) is 31.6 Å².